The van der Waals surface area contributed by atoms with Crippen LogP contribution in [-0.4, -0.2) is 5.79 Å². The largest absolute Gasteiger partial charge is 0.302 e. The highest BCUT2D eigenvalue weighted by molar-refractivity contribution is 4.54. The second-order valence-electron chi connectivity index (χ2n) is 1.37. The third-order valence-electron chi connectivity index (χ3n) is 0. The summed E-state index contributed by atoms with van der Waals surface area (Å²) in [5.41, 5.74) is 14.7. The minimum Gasteiger partial charge on any atom is -0.302 e. The van der Waals surface area contributed by atoms with Crippen LogP contribution in [0, 0.1) is 0 Å². The first-order chi connectivity index (χ1) is 2.00. The van der Waals surface area contributed by atoms with Gasteiger partial charge in [-0.05, 0) is 6.92 Å². The highest BCUT2D eigenvalue weighted by atomic mass is 15.1. The van der Waals surface area contributed by atoms with Crippen molar-refractivity contribution in [3.05, 3.63) is 0 Å². The average Bonchev–Trinajstić information content (AvgIpc) is 0.722. The predicted octanol–water partition coefficient (Wildman–Crippen LogP) is -1.46. The van der Waals surface area contributed by atoms with Gasteiger partial charge in [-0.25, -0.2) is 0 Å². The minimum absolute atomic E-state index is 1.00. The molecule has 3 heteroatoms. The van der Waals surface area contributed by atoms with Crippen molar-refractivity contribution in [1.29, 1.82) is 0 Å². The van der Waals surface area contributed by atoms with Crippen molar-refractivity contribution in [3.63, 3.8) is 0 Å². The van der Waals surface area contributed by atoms with Gasteiger partial charge in [-0.15, -0.1) is 0 Å². The van der Waals surface area contributed by atoms with Gasteiger partial charge in [0.15, 0.2) is 0 Å². The summed E-state index contributed by atoms with van der Waals surface area (Å²) in [6.07, 6.45) is 0. The van der Waals surface area contributed by atoms with E-state index in [4.69, 9.17) is 17.2 Å². The maximum atomic E-state index is 4.91. The summed E-state index contributed by atoms with van der Waals surface area (Å²) in [7, 11) is 0. The Balaban J connectivity index is 3.02. The van der Waals surface area contributed by atoms with E-state index >= 15 is 0 Å². The van der Waals surface area contributed by atoms with Gasteiger partial charge in [-0.1, -0.05) is 0 Å². The van der Waals surface area contributed by atoms with Crippen molar-refractivity contribution in [1.82, 2.24) is 0 Å². The van der Waals surface area contributed by atoms with Crippen molar-refractivity contribution in [3.8, 4) is 0 Å². The summed E-state index contributed by atoms with van der Waals surface area (Å²) in [6, 6.07) is 0. The predicted molar refractivity (Wildman–Crippen MR) is 21.0 cm³/mol. The third kappa shape index (κ3) is 952. The normalized spacial score (nSPS) is 12.0. The van der Waals surface area contributed by atoms with E-state index in [1.54, 1.807) is 0 Å². The molecule has 0 amide bonds. The molecule has 0 heterocycles. The fourth-order valence-electron chi connectivity index (χ4n) is 0. The first-order valence-electron chi connectivity index (χ1n) is 1.37. The van der Waals surface area contributed by atoms with E-state index in [1.165, 1.54) is 6.92 Å². The van der Waals surface area contributed by atoms with E-state index in [9.17, 15) is 0 Å². The molecule has 0 unspecified atom stereocenters. The quantitative estimate of drug-likeness (QED) is 0.308. The fourth-order valence-corrected chi connectivity index (χ4v) is 0. The first kappa shape index (κ1) is 4.88. The van der Waals surface area contributed by atoms with Gasteiger partial charge >= 0.3 is 0 Å². The topological polar surface area (TPSA) is 78.1 Å². The Morgan fingerprint density at radius 2 is 1.20 bits per heavy atom. The fraction of sp³-hybridized carbons (Fsp3) is 1.00. The summed E-state index contributed by atoms with van der Waals surface area (Å²) < 4.78 is 0. The lowest BCUT2D eigenvalue weighted by Crippen LogP contribution is -2.54. The average molecular weight is 75.1 g/mol. The Labute approximate surface area is 31.1 Å². The second-order valence-corrected chi connectivity index (χ2v) is 1.37. The molecule has 0 radical (unpaired) electrons. The molecule has 0 atom stereocenters. The maximum absolute atomic E-state index is 4.91. The SMILES string of the molecule is CC(N)(N)N. The molecule has 3 nitrogen and oxygen atoms in total. The van der Waals surface area contributed by atoms with Crippen LogP contribution in [0.1, 0.15) is 6.92 Å². The minimum atomic E-state index is -1.00. The number of hydrogen-bond donors (Lipinski definition) is 3. The van der Waals surface area contributed by atoms with Crippen LogP contribution >= 0.6 is 0 Å². The highest BCUT2D eigenvalue weighted by Gasteiger charge is 1.95. The van der Waals surface area contributed by atoms with Crippen LogP contribution in [0.2, 0.25) is 0 Å². The molecule has 0 aliphatic heterocycles. The molecule has 0 aromatic carbocycles. The van der Waals surface area contributed by atoms with Gasteiger partial charge in [0.2, 0.25) is 0 Å². The van der Waals surface area contributed by atoms with E-state index in [0.717, 1.165) is 0 Å². The second kappa shape index (κ2) is 0.931. The van der Waals surface area contributed by atoms with Crippen LogP contribution in [-0.2, 0) is 0 Å². The van der Waals surface area contributed by atoms with E-state index in [0.29, 0.717) is 0 Å². The number of rotatable bonds is 0. The number of nitrogens with two attached hydrogens (primary N) is 3. The molecule has 0 rings (SSSR count). The van der Waals surface area contributed by atoms with Gasteiger partial charge in [0, 0.05) is 0 Å². The Morgan fingerprint density at radius 3 is 1.20 bits per heavy atom. The third-order valence-corrected chi connectivity index (χ3v) is 0. The van der Waals surface area contributed by atoms with Crippen LogP contribution in [0.15, 0.2) is 0 Å². The lowest BCUT2D eigenvalue weighted by atomic mass is 10.5. The van der Waals surface area contributed by atoms with Gasteiger partial charge in [0.1, 0.15) is 5.79 Å². The van der Waals surface area contributed by atoms with Crippen LogP contribution < -0.4 is 17.2 Å². The molecule has 0 spiro atoms. The van der Waals surface area contributed by atoms with E-state index in [2.05, 4.69) is 0 Å². The molecule has 32 valence electrons. The molecule has 0 aliphatic carbocycles. The summed E-state index contributed by atoms with van der Waals surface area (Å²) >= 11 is 0. The van der Waals surface area contributed by atoms with Gasteiger partial charge in [-0.2, -0.15) is 0 Å². The zero-order valence-electron chi connectivity index (χ0n) is 3.23. The van der Waals surface area contributed by atoms with Crippen molar-refractivity contribution in [2.45, 2.75) is 12.7 Å². The standard InChI is InChI=1S/C2H9N3/c1-2(3,4)5/h3-5H2,1H3. The van der Waals surface area contributed by atoms with Crippen LogP contribution in [0.3, 0.4) is 0 Å². The maximum Gasteiger partial charge on any atom is 0.112 e. The van der Waals surface area contributed by atoms with Crippen molar-refractivity contribution in [2.75, 3.05) is 0 Å². The molecule has 0 aromatic heterocycles. The zero-order valence-corrected chi connectivity index (χ0v) is 3.23. The molecule has 5 heavy (non-hydrogen) atoms. The van der Waals surface area contributed by atoms with E-state index in [1.807, 2.05) is 0 Å². The lowest BCUT2D eigenvalue weighted by molar-refractivity contribution is 0.515. The van der Waals surface area contributed by atoms with E-state index in [-0.39, 0.29) is 0 Å². The molecule has 0 bridgehead atoms. The van der Waals surface area contributed by atoms with Crippen molar-refractivity contribution < 1.29 is 0 Å². The zero-order chi connectivity index (χ0) is 4.50. The number of hydrogen-bond acceptors (Lipinski definition) is 3. The summed E-state index contributed by atoms with van der Waals surface area (Å²) in [5, 5.41) is 0. The van der Waals surface area contributed by atoms with Gasteiger partial charge < -0.3 is 17.2 Å². The van der Waals surface area contributed by atoms with Gasteiger partial charge in [0.25, 0.3) is 0 Å². The van der Waals surface area contributed by atoms with Crippen LogP contribution in [0.25, 0.3) is 0 Å². The highest BCUT2D eigenvalue weighted by Crippen LogP contribution is 1.62. The van der Waals surface area contributed by atoms with Crippen LogP contribution in [0.5, 0.6) is 0 Å². The molecule has 0 aromatic rings. The van der Waals surface area contributed by atoms with Crippen LogP contribution in [0.4, 0.5) is 0 Å². The molecule has 0 saturated carbocycles. The molecular weight excluding hydrogens is 66.0 g/mol. The summed E-state index contributed by atoms with van der Waals surface area (Å²) in [5.74, 6) is -1.00. The summed E-state index contributed by atoms with van der Waals surface area (Å²) in [6.45, 7) is 1.52. The smallest absolute Gasteiger partial charge is 0.112 e. The Bertz CT molecular complexity index is 20.4. The molecule has 0 fully saturated rings. The van der Waals surface area contributed by atoms with Gasteiger partial charge in [-0.3, -0.25) is 0 Å². The van der Waals surface area contributed by atoms with Crippen molar-refractivity contribution >= 4 is 0 Å². The Hall–Kier alpha value is -0.120. The Morgan fingerprint density at radius 1 is 1.20 bits per heavy atom. The summed E-state index contributed by atoms with van der Waals surface area (Å²) in [4.78, 5) is 0. The lowest BCUT2D eigenvalue weighted by Gasteiger charge is -2.07. The Kier molecular flexibility index (Phi) is 0.908. The molecular formula is C2H9N3. The molecule has 0 saturated heterocycles. The van der Waals surface area contributed by atoms with Crippen molar-refractivity contribution in [2.24, 2.45) is 17.2 Å². The van der Waals surface area contributed by atoms with E-state index < -0.39 is 5.79 Å². The first-order valence-corrected chi connectivity index (χ1v) is 1.37. The monoisotopic (exact) mass is 75.1 g/mol. The van der Waals surface area contributed by atoms with Gasteiger partial charge in [0.05, 0.1) is 0 Å². The molecule has 6 N–H and O–H groups in total. The molecule has 0 aliphatic rings.